The number of nitrogens with one attached hydrogen (secondary N) is 1. The second-order valence-electron chi connectivity index (χ2n) is 10.0. The van der Waals surface area contributed by atoms with E-state index < -0.39 is 5.82 Å². The van der Waals surface area contributed by atoms with E-state index in [4.69, 9.17) is 14.6 Å². The summed E-state index contributed by atoms with van der Waals surface area (Å²) in [5.74, 6) is 0.643. The van der Waals surface area contributed by atoms with Crippen LogP contribution in [0.4, 0.5) is 4.39 Å². The number of hydrogen-bond donors (Lipinski definition) is 2. The molecule has 3 aromatic heterocycles. The highest BCUT2D eigenvalue weighted by molar-refractivity contribution is 5.94. The lowest BCUT2D eigenvalue weighted by Crippen LogP contribution is -2.35. The molecule has 1 aliphatic rings. The molecule has 4 aromatic rings. The molecule has 0 saturated carbocycles. The average molecular weight is 538 g/mol. The lowest BCUT2D eigenvalue weighted by Gasteiger charge is -2.26. The molecule has 39 heavy (non-hydrogen) atoms. The van der Waals surface area contributed by atoms with Gasteiger partial charge in [-0.05, 0) is 64.1 Å². The Morgan fingerprint density at radius 2 is 2.05 bits per heavy atom. The summed E-state index contributed by atoms with van der Waals surface area (Å²) in [4.78, 5) is 2.27. The summed E-state index contributed by atoms with van der Waals surface area (Å²) in [6.45, 7) is 12.2. The lowest BCUT2D eigenvalue weighted by atomic mass is 10.0. The summed E-state index contributed by atoms with van der Waals surface area (Å²) in [6.07, 6.45) is 3.61. The Morgan fingerprint density at radius 3 is 2.77 bits per heavy atom. The van der Waals surface area contributed by atoms with Crippen molar-refractivity contribution in [3.05, 3.63) is 40.6 Å². The number of aliphatic hydroxyl groups excluding tert-OH is 1. The van der Waals surface area contributed by atoms with E-state index in [1.807, 2.05) is 57.6 Å². The van der Waals surface area contributed by atoms with Crippen molar-refractivity contribution in [3.8, 4) is 22.9 Å². The summed E-state index contributed by atoms with van der Waals surface area (Å²) >= 11 is 0. The van der Waals surface area contributed by atoms with E-state index in [0.717, 1.165) is 29.1 Å². The first-order valence-electron chi connectivity index (χ1n) is 13.4. The van der Waals surface area contributed by atoms with Crippen molar-refractivity contribution in [2.45, 2.75) is 53.3 Å². The van der Waals surface area contributed by atoms with Gasteiger partial charge in [-0.3, -0.25) is 14.7 Å². The molecule has 2 N–H and O–H groups in total. The van der Waals surface area contributed by atoms with Crippen LogP contribution in [-0.2, 0) is 13.6 Å². The predicted octanol–water partition coefficient (Wildman–Crippen LogP) is 4.33. The van der Waals surface area contributed by atoms with Gasteiger partial charge in [-0.25, -0.2) is 9.07 Å². The molecule has 0 aliphatic carbocycles. The third kappa shape index (κ3) is 4.92. The first-order chi connectivity index (χ1) is 18.7. The number of aromatic amines is 1. The Morgan fingerprint density at radius 1 is 1.26 bits per heavy atom. The molecular weight excluding hydrogens is 501 g/mol. The smallest absolute Gasteiger partial charge is 0.240 e. The fraction of sp³-hybridized carbons (Fsp3) is 0.464. The van der Waals surface area contributed by atoms with Gasteiger partial charge in [0.05, 0.1) is 47.5 Å². The first kappa shape index (κ1) is 26.9. The maximum Gasteiger partial charge on any atom is 0.240 e. The molecule has 0 saturated heterocycles. The summed E-state index contributed by atoms with van der Waals surface area (Å²) < 4.78 is 31.3. The van der Waals surface area contributed by atoms with Gasteiger partial charge < -0.3 is 14.6 Å². The monoisotopic (exact) mass is 537 g/mol. The van der Waals surface area contributed by atoms with E-state index in [9.17, 15) is 5.11 Å². The minimum atomic E-state index is -0.428. The molecule has 10 nitrogen and oxygen atoms in total. The first-order valence-corrected chi connectivity index (χ1v) is 13.4. The zero-order chi connectivity index (χ0) is 27.8. The van der Waals surface area contributed by atoms with Gasteiger partial charge in [0.2, 0.25) is 11.8 Å². The number of ether oxygens (including phenoxy) is 2. The fourth-order valence-corrected chi connectivity index (χ4v) is 5.21. The van der Waals surface area contributed by atoms with E-state index in [0.29, 0.717) is 48.1 Å². The molecule has 5 rings (SSSR count). The summed E-state index contributed by atoms with van der Waals surface area (Å²) in [5, 5.41) is 27.2. The highest BCUT2D eigenvalue weighted by atomic mass is 19.1. The van der Waals surface area contributed by atoms with Crippen LogP contribution in [0.15, 0.2) is 12.1 Å². The highest BCUT2D eigenvalue weighted by Crippen LogP contribution is 2.37. The van der Waals surface area contributed by atoms with Crippen LogP contribution < -0.4 is 9.47 Å². The number of likely N-dealkylation sites (N-methyl/N-ethyl adjacent to an activating group) is 1. The summed E-state index contributed by atoms with van der Waals surface area (Å²) in [5.41, 5.74) is 4.81. The molecule has 0 radical (unpaired) electrons. The normalized spacial score (nSPS) is 17.8. The molecule has 2 bridgehead atoms. The number of H-pyrrole nitrogens is 1. The Balaban J connectivity index is 1.76. The number of aromatic nitrogens is 6. The molecule has 1 aliphatic heterocycles. The summed E-state index contributed by atoms with van der Waals surface area (Å²) in [6, 6.07) is 3.16. The van der Waals surface area contributed by atoms with Crippen LogP contribution in [0, 0.1) is 12.7 Å². The van der Waals surface area contributed by atoms with Crippen molar-refractivity contribution in [1.82, 2.24) is 34.7 Å². The van der Waals surface area contributed by atoms with Gasteiger partial charge in [0, 0.05) is 25.5 Å². The molecule has 11 heteroatoms. The van der Waals surface area contributed by atoms with E-state index in [-0.39, 0.29) is 24.3 Å². The van der Waals surface area contributed by atoms with Crippen molar-refractivity contribution in [2.24, 2.45) is 7.05 Å². The van der Waals surface area contributed by atoms with Gasteiger partial charge in [0.15, 0.2) is 5.82 Å². The van der Waals surface area contributed by atoms with Crippen molar-refractivity contribution < 1.29 is 19.0 Å². The number of aliphatic hydroxyl groups is 1. The SMILES string of the molecule is CCOc1nn([C@@H](C)CO)c2c1/C=C/c1[nH]nc3c(F)cc(cc13)-c1c(C)nn(C)c1O[C@@H](C)CN(CC)C2. The van der Waals surface area contributed by atoms with Crippen molar-refractivity contribution in [2.75, 3.05) is 26.3 Å². The van der Waals surface area contributed by atoms with Gasteiger partial charge in [-0.2, -0.15) is 10.2 Å². The van der Waals surface area contributed by atoms with E-state index >= 15 is 4.39 Å². The molecule has 1 aromatic carbocycles. The quantitative estimate of drug-likeness (QED) is 0.390. The number of benzene rings is 1. The number of aryl methyl sites for hydroxylation is 2. The minimum Gasteiger partial charge on any atom is -0.476 e. The number of hydrogen-bond acceptors (Lipinski definition) is 7. The fourth-order valence-electron chi connectivity index (χ4n) is 5.21. The number of fused-ring (bicyclic) bond motifs is 4. The topological polar surface area (TPSA) is 106 Å². The predicted molar refractivity (Wildman–Crippen MR) is 148 cm³/mol. The molecule has 0 amide bonds. The Kier molecular flexibility index (Phi) is 7.46. The minimum absolute atomic E-state index is 0.0646. The standard InChI is InChI=1S/C28H36FN7O3/c1-7-35-13-17(4)39-28-25(18(5)32-34(28)6)19-11-21-23(30-31-26(21)22(29)12-19)10-9-20-24(14-35)36(16(3)15-37)33-27(20)38-8-2/h9-12,16-17,37H,7-8,13-15H2,1-6H3,(H,30,31)/b10-9+/t16-,17-/m0/s1. The molecule has 0 spiro atoms. The van der Waals surface area contributed by atoms with Crippen LogP contribution in [0.25, 0.3) is 34.2 Å². The highest BCUT2D eigenvalue weighted by Gasteiger charge is 2.26. The molecule has 0 unspecified atom stereocenters. The molecule has 0 fully saturated rings. The van der Waals surface area contributed by atoms with Crippen LogP contribution in [0.2, 0.25) is 0 Å². The Labute approximate surface area is 227 Å². The van der Waals surface area contributed by atoms with Crippen LogP contribution in [0.5, 0.6) is 11.8 Å². The maximum absolute atomic E-state index is 15.3. The van der Waals surface area contributed by atoms with Crippen molar-refractivity contribution >= 4 is 23.1 Å². The second-order valence-corrected chi connectivity index (χ2v) is 10.0. The molecule has 4 heterocycles. The van der Waals surface area contributed by atoms with Crippen LogP contribution in [-0.4, -0.2) is 72.2 Å². The largest absolute Gasteiger partial charge is 0.476 e. The second kappa shape index (κ2) is 10.8. The van der Waals surface area contributed by atoms with Crippen molar-refractivity contribution in [1.29, 1.82) is 0 Å². The van der Waals surface area contributed by atoms with Crippen LogP contribution >= 0.6 is 0 Å². The zero-order valence-corrected chi connectivity index (χ0v) is 23.3. The third-order valence-electron chi connectivity index (χ3n) is 7.14. The van der Waals surface area contributed by atoms with Crippen LogP contribution in [0.3, 0.4) is 0 Å². The Bertz CT molecular complexity index is 1520. The van der Waals surface area contributed by atoms with E-state index in [1.165, 1.54) is 6.07 Å². The number of nitrogens with zero attached hydrogens (tertiary/aromatic N) is 6. The van der Waals surface area contributed by atoms with Crippen LogP contribution in [0.1, 0.15) is 56.4 Å². The summed E-state index contributed by atoms with van der Waals surface area (Å²) in [7, 11) is 1.83. The third-order valence-corrected chi connectivity index (χ3v) is 7.14. The molecule has 2 atom stereocenters. The molecule has 208 valence electrons. The Hall–Kier alpha value is -3.70. The van der Waals surface area contributed by atoms with Gasteiger partial charge >= 0.3 is 0 Å². The van der Waals surface area contributed by atoms with E-state index in [2.05, 4.69) is 27.1 Å². The van der Waals surface area contributed by atoms with Crippen molar-refractivity contribution in [3.63, 3.8) is 0 Å². The number of rotatable bonds is 5. The van der Waals surface area contributed by atoms with Gasteiger partial charge in [0.1, 0.15) is 11.6 Å². The van der Waals surface area contributed by atoms with E-state index in [1.54, 1.807) is 4.68 Å². The maximum atomic E-state index is 15.3. The van der Waals surface area contributed by atoms with Gasteiger partial charge in [-0.15, -0.1) is 5.10 Å². The lowest BCUT2D eigenvalue weighted by molar-refractivity contribution is 0.132. The van der Waals surface area contributed by atoms with Gasteiger partial charge in [0.25, 0.3) is 0 Å². The zero-order valence-electron chi connectivity index (χ0n) is 23.3. The molecular formula is C28H36FN7O3. The van der Waals surface area contributed by atoms with Gasteiger partial charge in [-0.1, -0.05) is 6.92 Å². The number of halogens is 1. The average Bonchev–Trinajstić information content (AvgIpc) is 3.55.